The molecule has 11 nitrogen and oxygen atoms in total. The van der Waals surface area contributed by atoms with Crippen molar-refractivity contribution in [2.24, 2.45) is 0 Å². The number of hydrogen-bond acceptors (Lipinski definition) is 9. The van der Waals surface area contributed by atoms with Crippen molar-refractivity contribution in [3.8, 4) is 11.5 Å². The van der Waals surface area contributed by atoms with Gasteiger partial charge in [0, 0.05) is 30.3 Å². The van der Waals surface area contributed by atoms with Gasteiger partial charge in [-0.25, -0.2) is 8.42 Å². The summed E-state index contributed by atoms with van der Waals surface area (Å²) < 4.78 is 32.8. The summed E-state index contributed by atoms with van der Waals surface area (Å²) in [5.41, 5.74) is 2.16. The number of ketones is 1. The highest BCUT2D eigenvalue weighted by molar-refractivity contribution is 7.91. The standard InChI is InChI=1S/C33H36N4O7S/c1-33(2,3)22-11-9-21(10-12-22)31(40)36-25(16-20-7-13-23(44-4)14-8-20)32(41)37-29(17-24-30(37)28(39)18-35-24)45(42,43)19-26-27(38)6-5-15-34-26/h5-15,25,29,35,38H,16-19H2,1-4H3,(H,36,40). The monoisotopic (exact) mass is 632 g/mol. The SMILES string of the molecule is COc1ccc(CC(NC(=O)c2ccc(C(C)(C)C)cc2)C(=O)N2C3=C(CC2S(=O)(=O)Cc2ncccc2O)NCC3=O)cc1. The molecule has 0 fully saturated rings. The molecule has 2 atom stereocenters. The fourth-order valence-corrected chi connectivity index (χ4v) is 7.22. The van der Waals surface area contributed by atoms with Gasteiger partial charge in [0.2, 0.25) is 0 Å². The molecular weight excluding hydrogens is 596 g/mol. The first-order valence-electron chi connectivity index (χ1n) is 14.5. The molecule has 1 aromatic heterocycles. The van der Waals surface area contributed by atoms with E-state index in [0.29, 0.717) is 22.6 Å². The molecule has 0 aliphatic carbocycles. The fourth-order valence-electron chi connectivity index (χ4n) is 5.48. The van der Waals surface area contributed by atoms with Gasteiger partial charge >= 0.3 is 0 Å². The molecule has 0 spiro atoms. The Morgan fingerprint density at radius 1 is 1.11 bits per heavy atom. The third kappa shape index (κ3) is 6.70. The molecule has 2 aliphatic heterocycles. The molecule has 5 rings (SSSR count). The summed E-state index contributed by atoms with van der Waals surface area (Å²) in [4.78, 5) is 46.0. The Morgan fingerprint density at radius 3 is 2.42 bits per heavy atom. The first-order valence-corrected chi connectivity index (χ1v) is 16.2. The lowest BCUT2D eigenvalue weighted by atomic mass is 9.86. The van der Waals surface area contributed by atoms with Crippen molar-refractivity contribution in [3.63, 3.8) is 0 Å². The molecule has 2 aliphatic rings. The summed E-state index contributed by atoms with van der Waals surface area (Å²) in [6.07, 6.45) is 1.24. The van der Waals surface area contributed by atoms with Crippen molar-refractivity contribution >= 4 is 27.4 Å². The van der Waals surface area contributed by atoms with E-state index in [1.165, 1.54) is 25.4 Å². The van der Waals surface area contributed by atoms with Crippen molar-refractivity contribution in [1.82, 2.24) is 20.5 Å². The van der Waals surface area contributed by atoms with Crippen LogP contribution in [-0.4, -0.2) is 66.1 Å². The number of Topliss-reactive ketones (excluding diaryl/α,β-unsaturated/α-hetero) is 1. The number of hydrogen-bond donors (Lipinski definition) is 3. The van der Waals surface area contributed by atoms with Crippen LogP contribution in [0.3, 0.4) is 0 Å². The third-order valence-electron chi connectivity index (χ3n) is 7.99. The largest absolute Gasteiger partial charge is 0.506 e. The molecule has 3 heterocycles. The minimum absolute atomic E-state index is 0.0170. The van der Waals surface area contributed by atoms with Crippen LogP contribution in [0.25, 0.3) is 0 Å². The topological polar surface area (TPSA) is 155 Å². The Hall–Kier alpha value is -4.71. The number of carbonyl (C=O) groups is 3. The molecule has 2 amide bonds. The number of methoxy groups -OCH3 is 1. The molecule has 0 radical (unpaired) electrons. The summed E-state index contributed by atoms with van der Waals surface area (Å²) in [6, 6.07) is 15.6. The minimum Gasteiger partial charge on any atom is -0.506 e. The van der Waals surface area contributed by atoms with Crippen molar-refractivity contribution in [3.05, 3.63) is 101 Å². The maximum atomic E-state index is 14.4. The number of benzene rings is 2. The van der Waals surface area contributed by atoms with Crippen LogP contribution in [0, 0.1) is 0 Å². The zero-order valence-corrected chi connectivity index (χ0v) is 26.3. The van der Waals surface area contributed by atoms with Gasteiger partial charge in [0.1, 0.15) is 28.6 Å². The van der Waals surface area contributed by atoms with Gasteiger partial charge in [0.25, 0.3) is 11.8 Å². The van der Waals surface area contributed by atoms with Gasteiger partial charge in [-0.05, 0) is 52.9 Å². The smallest absolute Gasteiger partial charge is 0.251 e. The van der Waals surface area contributed by atoms with Crippen molar-refractivity contribution in [2.75, 3.05) is 13.7 Å². The molecular formula is C33H36N4O7S. The van der Waals surface area contributed by atoms with E-state index in [0.717, 1.165) is 10.5 Å². The number of aromatic hydroxyl groups is 1. The second kappa shape index (κ2) is 12.4. The molecule has 2 aromatic carbocycles. The lowest BCUT2D eigenvalue weighted by Gasteiger charge is -2.31. The maximum Gasteiger partial charge on any atom is 0.251 e. The minimum atomic E-state index is -4.19. The average Bonchev–Trinajstić information content (AvgIpc) is 3.57. The number of ether oxygens (including phenoxy) is 1. The molecule has 3 aromatic rings. The van der Waals surface area contributed by atoms with Crippen LogP contribution >= 0.6 is 0 Å². The molecule has 0 saturated heterocycles. The summed E-state index contributed by atoms with van der Waals surface area (Å²) in [6.45, 7) is 6.11. The Labute approximate surface area is 262 Å². The number of amides is 2. The zero-order valence-electron chi connectivity index (χ0n) is 25.5. The number of pyridine rings is 1. The second-order valence-corrected chi connectivity index (χ2v) is 14.3. The third-order valence-corrected chi connectivity index (χ3v) is 9.87. The molecule has 0 bridgehead atoms. The predicted molar refractivity (Wildman–Crippen MR) is 167 cm³/mol. The Morgan fingerprint density at radius 2 is 1.80 bits per heavy atom. The van der Waals surface area contributed by atoms with Gasteiger partial charge in [-0.3, -0.25) is 24.3 Å². The van der Waals surface area contributed by atoms with E-state index in [2.05, 4.69) is 36.4 Å². The van der Waals surface area contributed by atoms with E-state index in [1.807, 2.05) is 12.1 Å². The summed E-state index contributed by atoms with van der Waals surface area (Å²) in [5.74, 6) is -2.04. The number of nitrogens with zero attached hydrogens (tertiary/aromatic N) is 2. The van der Waals surface area contributed by atoms with Crippen LogP contribution in [-0.2, 0) is 37.0 Å². The van der Waals surface area contributed by atoms with Crippen LogP contribution in [0.1, 0.15) is 54.4 Å². The lowest BCUT2D eigenvalue weighted by Crippen LogP contribution is -2.53. The van der Waals surface area contributed by atoms with Gasteiger partial charge < -0.3 is 20.5 Å². The Kier molecular flexibility index (Phi) is 8.70. The molecule has 0 saturated carbocycles. The van der Waals surface area contributed by atoms with Crippen LogP contribution in [0.15, 0.2) is 78.3 Å². The van der Waals surface area contributed by atoms with Crippen molar-refractivity contribution < 1.29 is 32.6 Å². The van der Waals surface area contributed by atoms with Gasteiger partial charge in [-0.15, -0.1) is 0 Å². The second-order valence-electron chi connectivity index (χ2n) is 12.2. The Balaban J connectivity index is 1.50. The first kappa shape index (κ1) is 31.7. The molecule has 3 N–H and O–H groups in total. The number of aromatic nitrogens is 1. The summed E-state index contributed by atoms with van der Waals surface area (Å²) in [7, 11) is -2.66. The number of rotatable bonds is 9. The van der Waals surface area contributed by atoms with Crippen molar-refractivity contribution in [2.45, 2.75) is 56.2 Å². The number of sulfone groups is 1. The maximum absolute atomic E-state index is 14.4. The highest BCUT2D eigenvalue weighted by Gasteiger charge is 2.49. The molecule has 236 valence electrons. The van der Waals surface area contributed by atoms with Gasteiger partial charge in [-0.1, -0.05) is 45.0 Å². The lowest BCUT2D eigenvalue weighted by molar-refractivity contribution is -0.133. The van der Waals surface area contributed by atoms with Crippen LogP contribution < -0.4 is 15.4 Å². The molecule has 45 heavy (non-hydrogen) atoms. The van der Waals surface area contributed by atoms with Gasteiger partial charge in [0.15, 0.2) is 15.6 Å². The van der Waals surface area contributed by atoms with Crippen LogP contribution in [0.4, 0.5) is 0 Å². The van der Waals surface area contributed by atoms with Crippen LogP contribution in [0.2, 0.25) is 0 Å². The van der Waals surface area contributed by atoms with Crippen molar-refractivity contribution in [1.29, 1.82) is 0 Å². The quantitative estimate of drug-likeness (QED) is 0.323. The summed E-state index contributed by atoms with van der Waals surface area (Å²) in [5, 5.41) is 14.5. The highest BCUT2D eigenvalue weighted by Crippen LogP contribution is 2.36. The molecule has 12 heteroatoms. The molecule has 2 unspecified atom stereocenters. The van der Waals surface area contributed by atoms with E-state index in [-0.39, 0.29) is 41.9 Å². The first-order chi connectivity index (χ1) is 21.3. The van der Waals surface area contributed by atoms with E-state index >= 15 is 0 Å². The highest BCUT2D eigenvalue weighted by atomic mass is 32.2. The average molecular weight is 633 g/mol. The number of carbonyl (C=O) groups excluding carboxylic acids is 3. The number of nitrogens with one attached hydrogen (secondary N) is 2. The summed E-state index contributed by atoms with van der Waals surface area (Å²) >= 11 is 0. The van der Waals surface area contributed by atoms with E-state index < -0.39 is 44.6 Å². The normalized spacial score (nSPS) is 17.1. The van der Waals surface area contributed by atoms with E-state index in [4.69, 9.17) is 4.74 Å². The Bertz CT molecular complexity index is 1760. The zero-order chi connectivity index (χ0) is 32.5. The van der Waals surface area contributed by atoms with Gasteiger partial charge in [0.05, 0.1) is 25.1 Å². The predicted octanol–water partition coefficient (Wildman–Crippen LogP) is 2.99. The van der Waals surface area contributed by atoms with E-state index in [9.17, 15) is 27.9 Å². The van der Waals surface area contributed by atoms with Crippen LogP contribution in [0.5, 0.6) is 11.5 Å². The van der Waals surface area contributed by atoms with Gasteiger partial charge in [-0.2, -0.15) is 0 Å². The fraction of sp³-hybridized carbons (Fsp3) is 0.333. The van der Waals surface area contributed by atoms with E-state index in [1.54, 1.807) is 36.4 Å².